The molecule has 0 unspecified atom stereocenters. The number of hydrogen-bond donors (Lipinski definition) is 1. The molecule has 2 aromatic rings. The number of hydrogen-bond acceptors (Lipinski definition) is 5. The minimum atomic E-state index is -4.11. The maximum atomic E-state index is 10.9. The molecule has 0 aliphatic heterocycles. The Morgan fingerprint density at radius 1 is 1.22 bits per heavy atom. The average molecular weight is 318 g/mol. The average Bonchev–Trinajstić information content (AvgIpc) is 2.60. The molecule has 96 valence electrons. The van der Waals surface area contributed by atoms with E-state index in [1.807, 2.05) is 6.92 Å². The van der Waals surface area contributed by atoms with Gasteiger partial charge in [0, 0.05) is 11.3 Å². The van der Waals surface area contributed by atoms with Crippen LogP contribution in [0.15, 0.2) is 29.2 Å². The molecule has 2 rings (SSSR count). The zero-order chi connectivity index (χ0) is 13.3. The van der Waals surface area contributed by atoms with Crippen molar-refractivity contribution in [1.82, 2.24) is 0 Å². The lowest BCUT2D eigenvalue weighted by Crippen LogP contribution is -1.98. The van der Waals surface area contributed by atoms with Crippen molar-refractivity contribution in [3.63, 3.8) is 0 Å². The lowest BCUT2D eigenvalue weighted by molar-refractivity contribution is 0.483. The van der Waals surface area contributed by atoms with Gasteiger partial charge in [-0.15, -0.1) is 0 Å². The summed E-state index contributed by atoms with van der Waals surface area (Å²) in [7, 11) is -0.877. The van der Waals surface area contributed by atoms with Gasteiger partial charge in [-0.2, -0.15) is 8.42 Å². The van der Waals surface area contributed by atoms with Crippen molar-refractivity contribution in [3.05, 3.63) is 44.1 Å². The van der Waals surface area contributed by atoms with E-state index in [-0.39, 0.29) is 4.90 Å². The van der Waals surface area contributed by atoms with E-state index in [1.165, 1.54) is 17.0 Å². The van der Waals surface area contributed by atoms with E-state index in [0.29, 0.717) is 6.42 Å². The third kappa shape index (κ3) is 3.04. The molecular formula is C11H10O3S4. The van der Waals surface area contributed by atoms with Crippen LogP contribution in [0.4, 0.5) is 0 Å². The first-order valence-corrected chi connectivity index (χ1v) is 9.03. The summed E-state index contributed by atoms with van der Waals surface area (Å²) in [4.78, 5) is 1.11. The van der Waals surface area contributed by atoms with E-state index in [1.54, 1.807) is 32.8 Å². The van der Waals surface area contributed by atoms with Crippen molar-refractivity contribution in [2.45, 2.75) is 18.2 Å². The first kappa shape index (κ1) is 13.8. The zero-order valence-corrected chi connectivity index (χ0v) is 12.7. The number of aryl methyl sites for hydroxylation is 1. The van der Waals surface area contributed by atoms with Gasteiger partial charge in [-0.25, -0.2) is 0 Å². The summed E-state index contributed by atoms with van der Waals surface area (Å²) in [6.45, 7) is 2.03. The molecule has 1 heterocycles. The molecule has 1 N–H and O–H groups in total. The topological polar surface area (TPSA) is 54.4 Å². The lowest BCUT2D eigenvalue weighted by atomic mass is 10.1. The van der Waals surface area contributed by atoms with E-state index in [2.05, 4.69) is 0 Å². The second-order valence-electron chi connectivity index (χ2n) is 3.78. The SMILES string of the molecule is Cc1ssc(=S)c1Cc1ccc(S(=O)(=O)O)cc1. The van der Waals surface area contributed by atoms with Crippen LogP contribution < -0.4 is 0 Å². The minimum absolute atomic E-state index is 0.0882. The highest BCUT2D eigenvalue weighted by Gasteiger charge is 2.10. The predicted octanol–water partition coefficient (Wildman–Crippen LogP) is 3.69. The summed E-state index contributed by atoms with van der Waals surface area (Å²) in [5.41, 5.74) is 2.10. The first-order valence-electron chi connectivity index (χ1n) is 5.03. The highest BCUT2D eigenvalue weighted by atomic mass is 32.9. The molecule has 0 aliphatic rings. The van der Waals surface area contributed by atoms with Gasteiger partial charge in [0.1, 0.15) is 3.82 Å². The van der Waals surface area contributed by atoms with Crippen LogP contribution >= 0.6 is 32.9 Å². The van der Waals surface area contributed by atoms with E-state index in [0.717, 1.165) is 15.0 Å². The number of rotatable bonds is 3. The molecule has 0 saturated carbocycles. The minimum Gasteiger partial charge on any atom is -0.282 e. The van der Waals surface area contributed by atoms with Crippen LogP contribution in [0.1, 0.15) is 16.0 Å². The third-order valence-corrected chi connectivity index (χ3v) is 6.67. The Kier molecular flexibility index (Phi) is 3.98. The Labute approximate surface area is 118 Å². The van der Waals surface area contributed by atoms with Crippen LogP contribution in [-0.2, 0) is 16.5 Å². The molecule has 1 aromatic carbocycles. The molecular weight excluding hydrogens is 308 g/mol. The Hall–Kier alpha value is -0.600. The smallest absolute Gasteiger partial charge is 0.282 e. The van der Waals surface area contributed by atoms with Gasteiger partial charge in [0.05, 0.1) is 4.90 Å². The van der Waals surface area contributed by atoms with Crippen molar-refractivity contribution in [1.29, 1.82) is 0 Å². The van der Waals surface area contributed by atoms with Gasteiger partial charge >= 0.3 is 0 Å². The normalized spacial score (nSPS) is 11.7. The molecule has 0 bridgehead atoms. The molecule has 0 aliphatic carbocycles. The fourth-order valence-electron chi connectivity index (χ4n) is 1.52. The van der Waals surface area contributed by atoms with Crippen LogP contribution in [0.25, 0.3) is 0 Å². The van der Waals surface area contributed by atoms with Gasteiger partial charge in [-0.1, -0.05) is 45.0 Å². The second kappa shape index (κ2) is 5.18. The third-order valence-electron chi connectivity index (χ3n) is 2.52. The first-order chi connectivity index (χ1) is 8.38. The van der Waals surface area contributed by atoms with Crippen LogP contribution in [0.5, 0.6) is 0 Å². The second-order valence-corrected chi connectivity index (χ2v) is 8.23. The Morgan fingerprint density at radius 2 is 1.83 bits per heavy atom. The van der Waals surface area contributed by atoms with Gasteiger partial charge in [-0.3, -0.25) is 4.55 Å². The van der Waals surface area contributed by atoms with Crippen LogP contribution in [0.2, 0.25) is 0 Å². The summed E-state index contributed by atoms with van der Waals surface area (Å²) in [6, 6.07) is 6.19. The molecule has 7 heteroatoms. The van der Waals surface area contributed by atoms with E-state index in [4.69, 9.17) is 16.8 Å². The Balaban J connectivity index is 2.30. The molecule has 0 saturated heterocycles. The van der Waals surface area contributed by atoms with Crippen LogP contribution in [0.3, 0.4) is 0 Å². The fraction of sp³-hybridized carbons (Fsp3) is 0.182. The monoisotopic (exact) mass is 318 g/mol. The van der Waals surface area contributed by atoms with E-state index >= 15 is 0 Å². The van der Waals surface area contributed by atoms with Gasteiger partial charge in [-0.05, 0) is 30.2 Å². The summed E-state index contributed by atoms with van der Waals surface area (Å²) < 4.78 is 31.6. The van der Waals surface area contributed by atoms with Crippen molar-refractivity contribution in [2.75, 3.05) is 0 Å². The number of benzene rings is 1. The fourth-order valence-corrected chi connectivity index (χ4v) is 4.67. The lowest BCUT2D eigenvalue weighted by Gasteiger charge is -2.02. The Bertz CT molecular complexity index is 707. The highest BCUT2D eigenvalue weighted by Crippen LogP contribution is 2.26. The van der Waals surface area contributed by atoms with E-state index in [9.17, 15) is 8.42 Å². The molecule has 0 radical (unpaired) electrons. The van der Waals surface area contributed by atoms with Gasteiger partial charge < -0.3 is 0 Å². The quantitative estimate of drug-likeness (QED) is 0.533. The summed E-state index contributed by atoms with van der Waals surface area (Å²) in [5, 5.41) is 0. The molecule has 0 spiro atoms. The molecule has 1 aromatic heterocycles. The van der Waals surface area contributed by atoms with Crippen molar-refractivity contribution < 1.29 is 13.0 Å². The van der Waals surface area contributed by atoms with Gasteiger partial charge in [0.15, 0.2) is 0 Å². The standard InChI is InChI=1S/C11H10O3S4/c1-7-10(11(15)17-16-7)6-8-2-4-9(5-3-8)18(12,13)14/h2-5H,6H2,1H3,(H,12,13,14). The summed E-state index contributed by atoms with van der Waals surface area (Å²) in [5.74, 6) is 0. The van der Waals surface area contributed by atoms with Crippen molar-refractivity contribution in [3.8, 4) is 0 Å². The summed E-state index contributed by atoms with van der Waals surface area (Å²) in [6.07, 6.45) is 0.691. The van der Waals surface area contributed by atoms with E-state index < -0.39 is 10.1 Å². The molecule has 18 heavy (non-hydrogen) atoms. The van der Waals surface area contributed by atoms with Crippen LogP contribution in [-0.4, -0.2) is 13.0 Å². The summed E-state index contributed by atoms with van der Waals surface area (Å²) >= 11 is 5.25. The van der Waals surface area contributed by atoms with Gasteiger partial charge in [0.25, 0.3) is 10.1 Å². The molecule has 0 amide bonds. The highest BCUT2D eigenvalue weighted by molar-refractivity contribution is 7.85. The largest absolute Gasteiger partial charge is 0.294 e. The molecule has 3 nitrogen and oxygen atoms in total. The molecule has 0 fully saturated rings. The van der Waals surface area contributed by atoms with Gasteiger partial charge in [0.2, 0.25) is 0 Å². The Morgan fingerprint density at radius 3 is 2.28 bits per heavy atom. The predicted molar refractivity (Wildman–Crippen MR) is 76.8 cm³/mol. The molecule has 0 atom stereocenters. The van der Waals surface area contributed by atoms with Crippen LogP contribution in [0, 0.1) is 10.7 Å². The maximum Gasteiger partial charge on any atom is 0.294 e. The maximum absolute atomic E-state index is 10.9. The van der Waals surface area contributed by atoms with Crippen molar-refractivity contribution in [2.24, 2.45) is 0 Å². The van der Waals surface area contributed by atoms with Crippen molar-refractivity contribution >= 4 is 43.0 Å². The zero-order valence-electron chi connectivity index (χ0n) is 9.41.